The summed E-state index contributed by atoms with van der Waals surface area (Å²) < 4.78 is 0.856. The number of rotatable bonds is 8. The third-order valence-electron chi connectivity index (χ3n) is 6.43. The maximum Gasteiger partial charge on any atom is 0.242 e. The summed E-state index contributed by atoms with van der Waals surface area (Å²) in [7, 11) is 0. The second-order valence-corrected chi connectivity index (χ2v) is 10.5. The number of aromatic nitrogens is 1. The van der Waals surface area contributed by atoms with Crippen LogP contribution in [-0.4, -0.2) is 57.1 Å². The molecule has 1 aromatic heterocycles. The quantitative estimate of drug-likeness (QED) is 0.573. The molecule has 2 aliphatic rings. The zero-order valence-electron chi connectivity index (χ0n) is 19.0. The minimum atomic E-state index is -0.994. The Labute approximate surface area is 199 Å². The number of carbonyl (C=O) groups excluding carboxylic acids is 1. The third-order valence-corrected chi connectivity index (χ3v) is 7.15. The number of aliphatic hydroxyl groups is 1. The summed E-state index contributed by atoms with van der Waals surface area (Å²) in [6, 6.07) is 10.8. The second-order valence-electron chi connectivity index (χ2n) is 9.60. The predicted octanol–water partition coefficient (Wildman–Crippen LogP) is 3.97. The fourth-order valence-corrected chi connectivity index (χ4v) is 4.91. The maximum absolute atomic E-state index is 13.2. The van der Waals surface area contributed by atoms with Crippen LogP contribution >= 0.6 is 15.9 Å². The molecule has 0 radical (unpaired) electrons. The van der Waals surface area contributed by atoms with Gasteiger partial charge in [-0.25, -0.2) is 0 Å². The molecule has 1 aromatic carbocycles. The monoisotopic (exact) mass is 500 g/mol. The number of amides is 1. The SMILES string of the molecule is CC(C)(O)CN(Cc1ncccc1Br)C(=O)CNc1cccc2c1CN(C1CCC1)CC2. The van der Waals surface area contributed by atoms with Gasteiger partial charge in [-0.3, -0.25) is 14.7 Å². The molecule has 7 heteroatoms. The van der Waals surface area contributed by atoms with Crippen LogP contribution in [0.4, 0.5) is 5.69 Å². The number of fused-ring (bicyclic) bond motifs is 1. The topological polar surface area (TPSA) is 68.7 Å². The van der Waals surface area contributed by atoms with E-state index in [2.05, 4.69) is 49.3 Å². The summed E-state index contributed by atoms with van der Waals surface area (Å²) in [5.74, 6) is -0.0612. The van der Waals surface area contributed by atoms with Crippen molar-refractivity contribution in [3.8, 4) is 0 Å². The van der Waals surface area contributed by atoms with E-state index in [0.29, 0.717) is 6.54 Å². The summed E-state index contributed by atoms with van der Waals surface area (Å²) in [6.07, 6.45) is 6.73. The Hall–Kier alpha value is -1.96. The van der Waals surface area contributed by atoms with E-state index in [0.717, 1.165) is 41.4 Å². The normalized spacial score (nSPS) is 16.9. The number of benzene rings is 1. The van der Waals surface area contributed by atoms with Gasteiger partial charge in [-0.2, -0.15) is 0 Å². The molecule has 0 atom stereocenters. The minimum Gasteiger partial charge on any atom is -0.389 e. The molecule has 1 amide bonds. The van der Waals surface area contributed by atoms with Crippen molar-refractivity contribution in [2.45, 2.75) is 64.3 Å². The van der Waals surface area contributed by atoms with Gasteiger partial charge in [-0.05, 0) is 78.4 Å². The van der Waals surface area contributed by atoms with E-state index in [4.69, 9.17) is 0 Å². The Morgan fingerprint density at radius 2 is 2.12 bits per heavy atom. The van der Waals surface area contributed by atoms with Crippen LogP contribution in [-0.2, 0) is 24.3 Å². The largest absolute Gasteiger partial charge is 0.389 e. The molecular formula is C25H33BrN4O2. The van der Waals surface area contributed by atoms with E-state index >= 15 is 0 Å². The summed E-state index contributed by atoms with van der Waals surface area (Å²) in [5.41, 5.74) is 3.52. The van der Waals surface area contributed by atoms with Crippen LogP contribution in [0.3, 0.4) is 0 Å². The highest BCUT2D eigenvalue weighted by Gasteiger charge is 2.29. The van der Waals surface area contributed by atoms with Crippen molar-refractivity contribution in [1.82, 2.24) is 14.8 Å². The summed E-state index contributed by atoms with van der Waals surface area (Å²) in [4.78, 5) is 21.9. The van der Waals surface area contributed by atoms with E-state index in [1.165, 1.54) is 30.4 Å². The number of pyridine rings is 1. The average molecular weight is 501 g/mol. The van der Waals surface area contributed by atoms with Crippen molar-refractivity contribution < 1.29 is 9.90 Å². The Morgan fingerprint density at radius 1 is 1.31 bits per heavy atom. The molecule has 1 fully saturated rings. The van der Waals surface area contributed by atoms with Gasteiger partial charge in [0, 0.05) is 42.0 Å². The third kappa shape index (κ3) is 5.69. The van der Waals surface area contributed by atoms with Crippen LogP contribution in [0.25, 0.3) is 0 Å². The number of nitrogens with zero attached hydrogens (tertiary/aromatic N) is 3. The van der Waals surface area contributed by atoms with E-state index in [-0.39, 0.29) is 19.0 Å². The molecule has 1 saturated carbocycles. The van der Waals surface area contributed by atoms with Gasteiger partial charge in [-0.1, -0.05) is 18.6 Å². The van der Waals surface area contributed by atoms with E-state index in [1.54, 1.807) is 24.9 Å². The van der Waals surface area contributed by atoms with Crippen LogP contribution in [0, 0.1) is 0 Å². The van der Waals surface area contributed by atoms with Crippen molar-refractivity contribution in [2.75, 3.05) is 25.0 Å². The van der Waals surface area contributed by atoms with Crippen molar-refractivity contribution in [1.29, 1.82) is 0 Å². The molecule has 172 valence electrons. The summed E-state index contributed by atoms with van der Waals surface area (Å²) in [6.45, 7) is 6.27. The lowest BCUT2D eigenvalue weighted by atomic mass is 9.88. The molecule has 32 heavy (non-hydrogen) atoms. The second kappa shape index (κ2) is 9.89. The molecule has 0 saturated heterocycles. The minimum absolute atomic E-state index is 0.0612. The maximum atomic E-state index is 13.2. The predicted molar refractivity (Wildman–Crippen MR) is 130 cm³/mol. The van der Waals surface area contributed by atoms with Crippen molar-refractivity contribution >= 4 is 27.5 Å². The fourth-order valence-electron chi connectivity index (χ4n) is 4.53. The molecule has 6 nitrogen and oxygen atoms in total. The van der Waals surface area contributed by atoms with Crippen LogP contribution in [0.1, 0.15) is 49.9 Å². The molecule has 0 spiro atoms. The first-order valence-electron chi connectivity index (χ1n) is 11.5. The molecule has 0 bridgehead atoms. The van der Waals surface area contributed by atoms with Crippen molar-refractivity contribution in [3.05, 3.63) is 57.8 Å². The number of carbonyl (C=O) groups is 1. The first kappa shape index (κ1) is 23.2. The van der Waals surface area contributed by atoms with Gasteiger partial charge in [0.15, 0.2) is 0 Å². The van der Waals surface area contributed by atoms with Crippen LogP contribution in [0.2, 0.25) is 0 Å². The van der Waals surface area contributed by atoms with Gasteiger partial charge in [0.25, 0.3) is 0 Å². The van der Waals surface area contributed by atoms with E-state index < -0.39 is 5.60 Å². The highest BCUT2D eigenvalue weighted by Crippen LogP contribution is 2.32. The van der Waals surface area contributed by atoms with Gasteiger partial charge in [0.1, 0.15) is 0 Å². The van der Waals surface area contributed by atoms with Crippen LogP contribution in [0.15, 0.2) is 41.0 Å². The lowest BCUT2D eigenvalue weighted by Crippen LogP contribution is -2.44. The smallest absolute Gasteiger partial charge is 0.242 e. The number of hydrogen-bond donors (Lipinski definition) is 2. The van der Waals surface area contributed by atoms with Crippen molar-refractivity contribution in [2.24, 2.45) is 0 Å². The lowest BCUT2D eigenvalue weighted by molar-refractivity contribution is -0.133. The first-order chi connectivity index (χ1) is 15.3. The lowest BCUT2D eigenvalue weighted by Gasteiger charge is -2.41. The average Bonchev–Trinajstić information content (AvgIpc) is 2.71. The van der Waals surface area contributed by atoms with Crippen LogP contribution < -0.4 is 5.32 Å². The van der Waals surface area contributed by atoms with E-state index in [9.17, 15) is 9.90 Å². The Morgan fingerprint density at radius 3 is 2.81 bits per heavy atom. The Bertz CT molecular complexity index is 955. The zero-order valence-corrected chi connectivity index (χ0v) is 20.6. The standard InChI is InChI=1S/C25H33BrN4O2/c1-25(2,32)17-30(16-23-21(26)9-5-12-27-23)24(31)14-28-22-10-3-6-18-11-13-29(15-20(18)22)19-7-4-8-19/h3,5-6,9-10,12,19,28,32H,4,7-8,11,13-17H2,1-2H3. The number of halogens is 1. The zero-order chi connectivity index (χ0) is 22.7. The van der Waals surface area contributed by atoms with Crippen molar-refractivity contribution in [3.63, 3.8) is 0 Å². The summed E-state index contributed by atoms with van der Waals surface area (Å²) in [5, 5.41) is 13.8. The summed E-state index contributed by atoms with van der Waals surface area (Å²) >= 11 is 3.52. The highest BCUT2D eigenvalue weighted by molar-refractivity contribution is 9.10. The molecule has 0 unspecified atom stereocenters. The first-order valence-corrected chi connectivity index (χ1v) is 12.3. The van der Waals surface area contributed by atoms with Gasteiger partial charge in [-0.15, -0.1) is 0 Å². The molecule has 4 rings (SSSR count). The molecule has 2 N–H and O–H groups in total. The van der Waals surface area contributed by atoms with E-state index in [1.807, 2.05) is 12.1 Å². The fraction of sp³-hybridized carbons (Fsp3) is 0.520. The highest BCUT2D eigenvalue weighted by atomic mass is 79.9. The van der Waals surface area contributed by atoms with Gasteiger partial charge in [0.2, 0.25) is 5.91 Å². The van der Waals surface area contributed by atoms with Gasteiger partial charge < -0.3 is 15.3 Å². The molecule has 2 heterocycles. The van der Waals surface area contributed by atoms with Gasteiger partial charge >= 0.3 is 0 Å². The Balaban J connectivity index is 1.45. The number of anilines is 1. The van der Waals surface area contributed by atoms with Gasteiger partial charge in [0.05, 0.1) is 24.4 Å². The molecule has 1 aliphatic heterocycles. The molecular weight excluding hydrogens is 468 g/mol. The number of nitrogens with one attached hydrogen (secondary N) is 1. The number of hydrogen-bond acceptors (Lipinski definition) is 5. The Kier molecular flexibility index (Phi) is 7.17. The van der Waals surface area contributed by atoms with Crippen LogP contribution in [0.5, 0.6) is 0 Å². The molecule has 2 aromatic rings. The molecule has 1 aliphatic carbocycles.